The molecular weight excluding hydrogens is 422 g/mol. The molecule has 3 aromatic carbocycles. The summed E-state index contributed by atoms with van der Waals surface area (Å²) in [5.41, 5.74) is 4.46. The summed E-state index contributed by atoms with van der Waals surface area (Å²) in [5.74, 6) is 0.436. The van der Waals surface area contributed by atoms with Crippen molar-refractivity contribution in [3.63, 3.8) is 0 Å². The molecule has 0 amide bonds. The highest BCUT2D eigenvalue weighted by atomic mass is 35.5. The van der Waals surface area contributed by atoms with E-state index in [1.165, 1.54) is 6.07 Å². The Balaban J connectivity index is 1.59. The van der Waals surface area contributed by atoms with Gasteiger partial charge in [-0.3, -0.25) is 0 Å². The highest BCUT2D eigenvalue weighted by molar-refractivity contribution is 7.89. The number of benzene rings is 3. The molecule has 0 saturated carbocycles. The van der Waals surface area contributed by atoms with E-state index in [0.29, 0.717) is 27.6 Å². The predicted molar refractivity (Wildman–Crippen MR) is 117 cm³/mol. The number of rotatable bonds is 5. The van der Waals surface area contributed by atoms with Crippen molar-refractivity contribution in [1.82, 2.24) is 9.97 Å². The first kappa shape index (κ1) is 20.3. The molecule has 152 valence electrons. The summed E-state index contributed by atoms with van der Waals surface area (Å²) < 4.78 is 29.2. The lowest BCUT2D eigenvalue weighted by atomic mass is 10.0. The second-order valence-electron chi connectivity index (χ2n) is 6.78. The molecule has 4 aromatic rings. The SMILES string of the molecule is Cc1nc2c(Cl)cccc2nc1OCc1cccc(-c2cccc(S(N)(=O)=O)c2)c1. The smallest absolute Gasteiger partial charge is 0.238 e. The molecule has 30 heavy (non-hydrogen) atoms. The molecule has 0 unspecified atom stereocenters. The summed E-state index contributed by atoms with van der Waals surface area (Å²) in [7, 11) is -3.76. The first-order chi connectivity index (χ1) is 14.3. The van der Waals surface area contributed by atoms with Crippen LogP contribution in [0.2, 0.25) is 5.02 Å². The van der Waals surface area contributed by atoms with Gasteiger partial charge in [0.2, 0.25) is 15.9 Å². The molecule has 1 aromatic heterocycles. The van der Waals surface area contributed by atoms with E-state index in [-0.39, 0.29) is 11.5 Å². The van der Waals surface area contributed by atoms with Crippen LogP contribution in [0.15, 0.2) is 71.6 Å². The Kier molecular flexibility index (Phi) is 5.42. The molecule has 1 heterocycles. The van der Waals surface area contributed by atoms with Crippen molar-refractivity contribution in [3.05, 3.63) is 83.0 Å². The zero-order valence-electron chi connectivity index (χ0n) is 16.0. The van der Waals surface area contributed by atoms with Gasteiger partial charge in [0, 0.05) is 0 Å². The van der Waals surface area contributed by atoms with E-state index >= 15 is 0 Å². The van der Waals surface area contributed by atoms with Crippen LogP contribution in [0.25, 0.3) is 22.2 Å². The molecule has 0 spiro atoms. The van der Waals surface area contributed by atoms with Crippen LogP contribution < -0.4 is 9.88 Å². The molecule has 6 nitrogen and oxygen atoms in total. The van der Waals surface area contributed by atoms with Gasteiger partial charge in [-0.05, 0) is 53.9 Å². The highest BCUT2D eigenvalue weighted by Gasteiger charge is 2.11. The first-order valence-corrected chi connectivity index (χ1v) is 11.0. The van der Waals surface area contributed by atoms with Gasteiger partial charge in [0.05, 0.1) is 15.4 Å². The largest absolute Gasteiger partial charge is 0.471 e. The van der Waals surface area contributed by atoms with Crippen LogP contribution in [0, 0.1) is 6.92 Å². The molecule has 0 saturated heterocycles. The summed E-state index contributed by atoms with van der Waals surface area (Å²) in [6.45, 7) is 2.10. The number of primary sulfonamides is 1. The fraction of sp³-hybridized carbons (Fsp3) is 0.0909. The summed E-state index contributed by atoms with van der Waals surface area (Å²) in [5, 5.41) is 5.79. The summed E-state index contributed by atoms with van der Waals surface area (Å²) in [6.07, 6.45) is 0. The average Bonchev–Trinajstić information content (AvgIpc) is 2.73. The number of sulfonamides is 1. The Bertz CT molecular complexity index is 1360. The third kappa shape index (κ3) is 4.28. The van der Waals surface area contributed by atoms with Crippen LogP contribution in [0.5, 0.6) is 5.88 Å². The minimum absolute atomic E-state index is 0.0716. The average molecular weight is 440 g/mol. The Morgan fingerprint density at radius 3 is 2.43 bits per heavy atom. The standard InChI is InChI=1S/C22H18ClN3O3S/c1-14-22(26-20-10-4-9-19(23)21(20)25-14)29-13-15-5-2-6-16(11-15)17-7-3-8-18(12-17)30(24,27)28/h2-12H,13H2,1H3,(H2,24,27,28). The minimum atomic E-state index is -3.76. The van der Waals surface area contributed by atoms with Crippen molar-refractivity contribution in [2.45, 2.75) is 18.4 Å². The van der Waals surface area contributed by atoms with Gasteiger partial charge >= 0.3 is 0 Å². The molecule has 0 aliphatic heterocycles. The Hall–Kier alpha value is -3.00. The van der Waals surface area contributed by atoms with Crippen molar-refractivity contribution in [2.75, 3.05) is 0 Å². The fourth-order valence-electron chi connectivity index (χ4n) is 3.09. The summed E-state index contributed by atoms with van der Waals surface area (Å²) in [4.78, 5) is 9.09. The third-order valence-electron chi connectivity index (χ3n) is 4.57. The van der Waals surface area contributed by atoms with E-state index < -0.39 is 10.0 Å². The maximum atomic E-state index is 11.6. The molecule has 0 bridgehead atoms. The number of nitrogens with zero attached hydrogens (tertiary/aromatic N) is 2. The molecular formula is C22H18ClN3O3S. The molecule has 0 aliphatic rings. The van der Waals surface area contributed by atoms with E-state index in [1.807, 2.05) is 49.4 Å². The third-order valence-corrected chi connectivity index (χ3v) is 5.79. The number of aryl methyl sites for hydroxylation is 1. The first-order valence-electron chi connectivity index (χ1n) is 9.09. The topological polar surface area (TPSA) is 95.2 Å². The molecule has 4 rings (SSSR count). The van der Waals surface area contributed by atoms with Crippen LogP contribution in [0.3, 0.4) is 0 Å². The van der Waals surface area contributed by atoms with Crippen LogP contribution >= 0.6 is 11.6 Å². The van der Waals surface area contributed by atoms with Gasteiger partial charge < -0.3 is 4.74 Å². The zero-order valence-corrected chi connectivity index (χ0v) is 17.6. The normalized spacial score (nSPS) is 11.6. The van der Waals surface area contributed by atoms with Crippen LogP contribution in [-0.2, 0) is 16.6 Å². The number of hydrogen-bond donors (Lipinski definition) is 1. The lowest BCUT2D eigenvalue weighted by molar-refractivity contribution is 0.291. The quantitative estimate of drug-likeness (QED) is 0.494. The Labute approximate surface area is 179 Å². The number of ether oxygens (including phenoxy) is 1. The zero-order chi connectivity index (χ0) is 21.3. The molecule has 0 fully saturated rings. The van der Waals surface area contributed by atoms with E-state index in [0.717, 1.165) is 16.7 Å². The Morgan fingerprint density at radius 2 is 1.67 bits per heavy atom. The van der Waals surface area contributed by atoms with Crippen molar-refractivity contribution < 1.29 is 13.2 Å². The van der Waals surface area contributed by atoms with Crippen LogP contribution in [0.4, 0.5) is 0 Å². The van der Waals surface area contributed by atoms with Gasteiger partial charge in [0.25, 0.3) is 0 Å². The number of aromatic nitrogens is 2. The van der Waals surface area contributed by atoms with Crippen LogP contribution in [0.1, 0.15) is 11.3 Å². The Morgan fingerprint density at radius 1 is 0.967 bits per heavy atom. The number of para-hydroxylation sites is 1. The van der Waals surface area contributed by atoms with E-state index in [2.05, 4.69) is 9.97 Å². The molecule has 2 N–H and O–H groups in total. The second kappa shape index (κ2) is 8.02. The van der Waals surface area contributed by atoms with Gasteiger partial charge in [0.15, 0.2) is 0 Å². The van der Waals surface area contributed by atoms with E-state index in [1.54, 1.807) is 18.2 Å². The van der Waals surface area contributed by atoms with Gasteiger partial charge in [-0.2, -0.15) is 0 Å². The minimum Gasteiger partial charge on any atom is -0.471 e. The monoisotopic (exact) mass is 439 g/mol. The second-order valence-corrected chi connectivity index (χ2v) is 8.75. The maximum Gasteiger partial charge on any atom is 0.238 e. The number of fused-ring (bicyclic) bond motifs is 1. The predicted octanol–water partition coefficient (Wildman–Crippen LogP) is 4.49. The van der Waals surface area contributed by atoms with Gasteiger partial charge in [0.1, 0.15) is 17.8 Å². The number of nitrogens with two attached hydrogens (primary N) is 1. The van der Waals surface area contributed by atoms with Gasteiger partial charge in [-0.25, -0.2) is 23.5 Å². The van der Waals surface area contributed by atoms with Gasteiger partial charge in [-0.15, -0.1) is 0 Å². The van der Waals surface area contributed by atoms with Crippen molar-refractivity contribution >= 4 is 32.7 Å². The fourth-order valence-corrected chi connectivity index (χ4v) is 3.86. The van der Waals surface area contributed by atoms with Gasteiger partial charge in [-0.1, -0.05) is 48.0 Å². The van der Waals surface area contributed by atoms with Crippen molar-refractivity contribution in [3.8, 4) is 17.0 Å². The highest BCUT2D eigenvalue weighted by Crippen LogP contribution is 2.26. The summed E-state index contributed by atoms with van der Waals surface area (Å²) >= 11 is 6.18. The lowest BCUT2D eigenvalue weighted by Gasteiger charge is -2.11. The van der Waals surface area contributed by atoms with Crippen LogP contribution in [-0.4, -0.2) is 18.4 Å². The molecule has 8 heteroatoms. The van der Waals surface area contributed by atoms with E-state index in [9.17, 15) is 8.42 Å². The number of halogens is 1. The lowest BCUT2D eigenvalue weighted by Crippen LogP contribution is -2.11. The van der Waals surface area contributed by atoms with Crippen molar-refractivity contribution in [2.24, 2.45) is 5.14 Å². The molecule has 0 aliphatic carbocycles. The maximum absolute atomic E-state index is 11.6. The summed E-state index contributed by atoms with van der Waals surface area (Å²) in [6, 6.07) is 19.6. The molecule has 0 atom stereocenters. The number of hydrogen-bond acceptors (Lipinski definition) is 5. The van der Waals surface area contributed by atoms with Crippen molar-refractivity contribution in [1.29, 1.82) is 0 Å². The molecule has 0 radical (unpaired) electrons. The van der Waals surface area contributed by atoms with E-state index in [4.69, 9.17) is 21.5 Å².